The van der Waals surface area contributed by atoms with Crippen LogP contribution >= 0.6 is 0 Å². The van der Waals surface area contributed by atoms with Gasteiger partial charge in [0, 0.05) is 25.2 Å². The molecule has 2 heterocycles. The highest BCUT2D eigenvalue weighted by molar-refractivity contribution is 6.06. The summed E-state index contributed by atoms with van der Waals surface area (Å²) in [6, 6.07) is 7.62. The molecule has 1 aromatic carbocycles. The summed E-state index contributed by atoms with van der Waals surface area (Å²) in [6.07, 6.45) is 2.20. The van der Waals surface area contributed by atoms with Gasteiger partial charge in [0.1, 0.15) is 0 Å². The topological polar surface area (TPSA) is 77.7 Å². The van der Waals surface area contributed by atoms with E-state index in [9.17, 15) is 4.79 Å². The van der Waals surface area contributed by atoms with Crippen molar-refractivity contribution >= 4 is 17.0 Å². The molecule has 2 aromatic heterocycles. The molecule has 0 radical (unpaired) electrons. The molecule has 7 heteroatoms. The van der Waals surface area contributed by atoms with Gasteiger partial charge in [-0.2, -0.15) is 0 Å². The molecule has 1 aliphatic rings. The Bertz CT molecular complexity index is 1060. The molecule has 1 aliphatic carbocycles. The van der Waals surface area contributed by atoms with Gasteiger partial charge in [0.15, 0.2) is 11.5 Å². The van der Waals surface area contributed by atoms with Gasteiger partial charge in [0.05, 0.1) is 30.4 Å². The molecule has 1 saturated carbocycles. The van der Waals surface area contributed by atoms with Crippen LogP contribution in [-0.4, -0.2) is 41.7 Å². The molecular weight excluding hydrogens is 370 g/mol. The van der Waals surface area contributed by atoms with E-state index >= 15 is 0 Å². The second-order valence-corrected chi connectivity index (χ2v) is 7.40. The lowest BCUT2D eigenvalue weighted by Gasteiger charge is -2.19. The number of rotatable bonds is 7. The number of fused-ring (bicyclic) bond motifs is 1. The maximum absolute atomic E-state index is 13.3. The molecule has 1 fully saturated rings. The fraction of sp³-hybridized carbons (Fsp3) is 0.409. The minimum absolute atomic E-state index is 0.0848. The lowest BCUT2D eigenvalue weighted by Crippen LogP contribution is -2.26. The first-order valence-electron chi connectivity index (χ1n) is 9.84. The standard InChI is InChI=1S/C22H25N3O4/c1-5-28-18-9-6-14(10-19(18)27-4)12-25(3)22(26)16-11-17(15-7-8-15)23-21-20(16)13(2)24-29-21/h6,9-11,15H,5,7-8,12H2,1-4H3. The van der Waals surface area contributed by atoms with Crippen LogP contribution in [0.5, 0.6) is 11.5 Å². The van der Waals surface area contributed by atoms with E-state index in [1.807, 2.05) is 38.1 Å². The second kappa shape index (κ2) is 7.73. The van der Waals surface area contributed by atoms with Gasteiger partial charge in [-0.05, 0) is 50.5 Å². The Morgan fingerprint density at radius 1 is 1.28 bits per heavy atom. The van der Waals surface area contributed by atoms with Gasteiger partial charge >= 0.3 is 0 Å². The van der Waals surface area contributed by atoms with Crippen LogP contribution in [0.25, 0.3) is 11.1 Å². The molecule has 152 valence electrons. The molecular formula is C22H25N3O4. The van der Waals surface area contributed by atoms with E-state index in [1.54, 1.807) is 19.1 Å². The number of methoxy groups -OCH3 is 1. The number of benzene rings is 1. The first-order chi connectivity index (χ1) is 14.0. The monoisotopic (exact) mass is 395 g/mol. The Morgan fingerprint density at radius 2 is 2.07 bits per heavy atom. The number of hydrogen-bond acceptors (Lipinski definition) is 6. The average Bonchev–Trinajstić information content (AvgIpc) is 3.51. The summed E-state index contributed by atoms with van der Waals surface area (Å²) in [7, 11) is 3.40. The van der Waals surface area contributed by atoms with E-state index in [4.69, 9.17) is 14.0 Å². The quantitative estimate of drug-likeness (QED) is 0.600. The van der Waals surface area contributed by atoms with Crippen molar-refractivity contribution < 1.29 is 18.8 Å². The highest BCUT2D eigenvalue weighted by atomic mass is 16.5. The predicted octanol–water partition coefficient (Wildman–Crippen LogP) is 4.09. The van der Waals surface area contributed by atoms with Crippen LogP contribution in [0.1, 0.15) is 53.0 Å². The Morgan fingerprint density at radius 3 is 2.76 bits per heavy atom. The van der Waals surface area contributed by atoms with Crippen molar-refractivity contribution in [3.05, 3.63) is 46.8 Å². The van der Waals surface area contributed by atoms with E-state index in [-0.39, 0.29) is 5.91 Å². The fourth-order valence-corrected chi connectivity index (χ4v) is 3.51. The normalized spacial score (nSPS) is 13.5. The summed E-state index contributed by atoms with van der Waals surface area (Å²) in [5, 5.41) is 4.70. The van der Waals surface area contributed by atoms with E-state index in [0.717, 1.165) is 24.1 Å². The maximum Gasteiger partial charge on any atom is 0.259 e. The smallest absolute Gasteiger partial charge is 0.259 e. The third kappa shape index (κ3) is 3.77. The van der Waals surface area contributed by atoms with Crippen LogP contribution in [0.15, 0.2) is 28.8 Å². The molecule has 1 amide bonds. The Balaban J connectivity index is 1.62. The number of nitrogens with zero attached hydrogens (tertiary/aromatic N) is 3. The van der Waals surface area contributed by atoms with Crippen molar-refractivity contribution in [2.45, 2.75) is 39.2 Å². The molecule has 0 bridgehead atoms. The van der Waals surface area contributed by atoms with Crippen LogP contribution in [0.3, 0.4) is 0 Å². The molecule has 3 aromatic rings. The van der Waals surface area contributed by atoms with E-state index in [0.29, 0.717) is 52.9 Å². The number of pyridine rings is 1. The van der Waals surface area contributed by atoms with Gasteiger partial charge in [0.25, 0.3) is 11.6 Å². The van der Waals surface area contributed by atoms with Gasteiger partial charge in [0.2, 0.25) is 0 Å². The molecule has 7 nitrogen and oxygen atoms in total. The summed E-state index contributed by atoms with van der Waals surface area (Å²) in [4.78, 5) is 19.6. The summed E-state index contributed by atoms with van der Waals surface area (Å²) in [5.41, 5.74) is 3.57. The highest BCUT2D eigenvalue weighted by Crippen LogP contribution is 2.40. The first kappa shape index (κ1) is 19.2. The van der Waals surface area contributed by atoms with E-state index in [2.05, 4.69) is 10.1 Å². The predicted molar refractivity (Wildman–Crippen MR) is 108 cm³/mol. The number of carbonyl (C=O) groups excluding carboxylic acids is 1. The highest BCUT2D eigenvalue weighted by Gasteiger charge is 2.29. The second-order valence-electron chi connectivity index (χ2n) is 7.40. The molecule has 0 spiro atoms. The zero-order valence-electron chi connectivity index (χ0n) is 17.2. The van der Waals surface area contributed by atoms with Gasteiger partial charge in [-0.1, -0.05) is 11.2 Å². The molecule has 0 unspecified atom stereocenters. The summed E-state index contributed by atoms with van der Waals surface area (Å²) >= 11 is 0. The maximum atomic E-state index is 13.3. The molecule has 0 N–H and O–H groups in total. The Kier molecular flexibility index (Phi) is 5.13. The zero-order chi connectivity index (χ0) is 20.5. The summed E-state index contributed by atoms with van der Waals surface area (Å²) in [6.45, 7) is 4.76. The van der Waals surface area contributed by atoms with Crippen molar-refractivity contribution in [2.75, 3.05) is 20.8 Å². The average molecular weight is 395 g/mol. The minimum atomic E-state index is -0.0848. The summed E-state index contributed by atoms with van der Waals surface area (Å²) < 4.78 is 16.3. The van der Waals surface area contributed by atoms with E-state index < -0.39 is 0 Å². The molecule has 0 aliphatic heterocycles. The fourth-order valence-electron chi connectivity index (χ4n) is 3.51. The number of aromatic nitrogens is 2. The Labute approximate surface area is 169 Å². The van der Waals surface area contributed by atoms with Crippen LogP contribution in [0.2, 0.25) is 0 Å². The van der Waals surface area contributed by atoms with Crippen molar-refractivity contribution in [2.24, 2.45) is 0 Å². The molecule has 29 heavy (non-hydrogen) atoms. The SMILES string of the molecule is CCOc1ccc(CN(C)C(=O)c2cc(C3CC3)nc3onc(C)c23)cc1OC. The lowest BCUT2D eigenvalue weighted by atomic mass is 10.1. The first-order valence-corrected chi connectivity index (χ1v) is 9.84. The molecule has 4 rings (SSSR count). The lowest BCUT2D eigenvalue weighted by molar-refractivity contribution is 0.0786. The third-order valence-electron chi connectivity index (χ3n) is 5.16. The van der Waals surface area contributed by atoms with Crippen molar-refractivity contribution in [1.29, 1.82) is 0 Å². The van der Waals surface area contributed by atoms with Crippen LogP contribution in [-0.2, 0) is 6.54 Å². The Hall–Kier alpha value is -3.09. The van der Waals surface area contributed by atoms with Gasteiger partial charge < -0.3 is 18.9 Å². The summed E-state index contributed by atoms with van der Waals surface area (Å²) in [5.74, 6) is 1.68. The van der Waals surface area contributed by atoms with Gasteiger partial charge in [-0.25, -0.2) is 4.98 Å². The third-order valence-corrected chi connectivity index (χ3v) is 5.16. The van der Waals surface area contributed by atoms with Crippen LogP contribution < -0.4 is 9.47 Å². The number of carbonyl (C=O) groups is 1. The zero-order valence-corrected chi connectivity index (χ0v) is 17.2. The van der Waals surface area contributed by atoms with Crippen molar-refractivity contribution in [1.82, 2.24) is 15.0 Å². The number of hydrogen-bond donors (Lipinski definition) is 0. The van der Waals surface area contributed by atoms with Crippen molar-refractivity contribution in [3.63, 3.8) is 0 Å². The minimum Gasteiger partial charge on any atom is -0.493 e. The van der Waals surface area contributed by atoms with Crippen LogP contribution in [0.4, 0.5) is 0 Å². The van der Waals surface area contributed by atoms with Crippen molar-refractivity contribution in [3.8, 4) is 11.5 Å². The number of ether oxygens (including phenoxy) is 2. The largest absolute Gasteiger partial charge is 0.493 e. The van der Waals surface area contributed by atoms with Gasteiger partial charge in [-0.3, -0.25) is 4.79 Å². The molecule has 0 saturated heterocycles. The van der Waals surface area contributed by atoms with E-state index in [1.165, 1.54) is 0 Å². The van der Waals surface area contributed by atoms with Gasteiger partial charge in [-0.15, -0.1) is 0 Å². The number of amides is 1. The molecule has 0 atom stereocenters. The number of aryl methyl sites for hydroxylation is 1. The van der Waals surface area contributed by atoms with Crippen LogP contribution in [0, 0.1) is 6.92 Å².